The van der Waals surface area contributed by atoms with Crippen molar-refractivity contribution >= 4 is 22.7 Å². The fraction of sp³-hybridized carbons (Fsp3) is 0.290. The van der Waals surface area contributed by atoms with Crippen LogP contribution in [0.25, 0.3) is 10.9 Å². The second-order valence-corrected chi connectivity index (χ2v) is 9.38. The molecule has 0 aliphatic rings. The summed E-state index contributed by atoms with van der Waals surface area (Å²) in [5.74, 6) is -0.629. The Labute approximate surface area is 223 Å². The van der Waals surface area contributed by atoms with E-state index in [-0.39, 0.29) is 30.6 Å². The zero-order chi connectivity index (χ0) is 26.7. The molecule has 0 bridgehead atoms. The number of methoxy groups -OCH3 is 1. The maximum Gasteiger partial charge on any atom is 0.242 e. The van der Waals surface area contributed by atoms with Crippen molar-refractivity contribution in [1.29, 1.82) is 0 Å². The van der Waals surface area contributed by atoms with Crippen LogP contribution in [0.2, 0.25) is 0 Å². The number of fused-ring (bicyclic) bond motifs is 1. The van der Waals surface area contributed by atoms with Gasteiger partial charge in [-0.3, -0.25) is 9.59 Å². The largest absolute Gasteiger partial charge is 0.385 e. The molecule has 0 spiro atoms. The van der Waals surface area contributed by atoms with Crippen molar-refractivity contribution in [1.82, 2.24) is 14.8 Å². The van der Waals surface area contributed by atoms with Gasteiger partial charge >= 0.3 is 0 Å². The Bertz CT molecular complexity index is 1320. The highest BCUT2D eigenvalue weighted by molar-refractivity contribution is 5.86. The van der Waals surface area contributed by atoms with E-state index in [9.17, 15) is 14.0 Å². The molecule has 1 N–H and O–H groups in total. The number of nitrogens with zero attached hydrogens (tertiary/aromatic N) is 2. The number of amides is 2. The molecule has 198 valence electrons. The van der Waals surface area contributed by atoms with Crippen molar-refractivity contribution in [2.75, 3.05) is 33.4 Å². The van der Waals surface area contributed by atoms with Crippen molar-refractivity contribution in [3.05, 3.63) is 108 Å². The number of carbonyl (C=O) groups is 2. The lowest BCUT2D eigenvalue weighted by Gasteiger charge is -2.28. The summed E-state index contributed by atoms with van der Waals surface area (Å²) in [6, 6.07) is 23.9. The van der Waals surface area contributed by atoms with Crippen LogP contribution in [-0.2, 0) is 33.7 Å². The van der Waals surface area contributed by atoms with Crippen LogP contribution in [0.5, 0.6) is 0 Å². The van der Waals surface area contributed by atoms with E-state index in [1.165, 1.54) is 12.1 Å². The van der Waals surface area contributed by atoms with E-state index in [4.69, 9.17) is 4.74 Å². The number of nitrogens with one attached hydrogen (secondary N) is 1. The number of para-hydroxylation sites is 1. The summed E-state index contributed by atoms with van der Waals surface area (Å²) in [7, 11) is 1.61. The number of hydrogen-bond acceptors (Lipinski definition) is 3. The van der Waals surface area contributed by atoms with Crippen LogP contribution >= 0.6 is 0 Å². The lowest BCUT2D eigenvalue weighted by Crippen LogP contribution is -2.44. The summed E-state index contributed by atoms with van der Waals surface area (Å²) < 4.78 is 18.5. The second kappa shape index (κ2) is 13.5. The molecule has 0 fully saturated rings. The Morgan fingerprint density at radius 2 is 1.58 bits per heavy atom. The van der Waals surface area contributed by atoms with E-state index in [1.807, 2.05) is 59.6 Å². The molecule has 0 unspecified atom stereocenters. The number of aromatic amines is 1. The highest BCUT2D eigenvalue weighted by Crippen LogP contribution is 2.19. The van der Waals surface area contributed by atoms with Gasteiger partial charge in [0.15, 0.2) is 0 Å². The fourth-order valence-electron chi connectivity index (χ4n) is 4.53. The molecule has 0 atom stereocenters. The van der Waals surface area contributed by atoms with Gasteiger partial charge in [-0.1, -0.05) is 60.7 Å². The van der Waals surface area contributed by atoms with Crippen molar-refractivity contribution in [2.24, 2.45) is 0 Å². The van der Waals surface area contributed by atoms with Gasteiger partial charge in [0.05, 0.1) is 13.0 Å². The number of rotatable bonds is 13. The van der Waals surface area contributed by atoms with E-state index in [1.54, 1.807) is 24.1 Å². The van der Waals surface area contributed by atoms with E-state index in [0.29, 0.717) is 44.6 Å². The average Bonchev–Trinajstić information content (AvgIpc) is 3.35. The van der Waals surface area contributed by atoms with Gasteiger partial charge in [0.25, 0.3) is 0 Å². The van der Waals surface area contributed by atoms with Gasteiger partial charge in [-0.15, -0.1) is 0 Å². The van der Waals surface area contributed by atoms with E-state index in [0.717, 1.165) is 22.0 Å². The quantitative estimate of drug-likeness (QED) is 0.255. The predicted molar refractivity (Wildman–Crippen MR) is 147 cm³/mol. The number of carbonyl (C=O) groups excluding carboxylic acids is 2. The van der Waals surface area contributed by atoms with E-state index < -0.39 is 0 Å². The molecule has 4 rings (SSSR count). The monoisotopic (exact) mass is 515 g/mol. The van der Waals surface area contributed by atoms with Crippen molar-refractivity contribution in [3.8, 4) is 0 Å². The van der Waals surface area contributed by atoms with E-state index >= 15 is 0 Å². The fourth-order valence-corrected chi connectivity index (χ4v) is 4.53. The Hall–Kier alpha value is -3.97. The molecule has 3 aromatic carbocycles. The van der Waals surface area contributed by atoms with Crippen LogP contribution in [0.1, 0.15) is 23.1 Å². The molecular formula is C31H34FN3O3. The van der Waals surface area contributed by atoms with Gasteiger partial charge in [0.2, 0.25) is 11.8 Å². The van der Waals surface area contributed by atoms with E-state index in [2.05, 4.69) is 11.1 Å². The number of aromatic nitrogens is 1. The molecule has 6 nitrogen and oxygen atoms in total. The summed E-state index contributed by atoms with van der Waals surface area (Å²) in [4.78, 5) is 33.6. The normalized spacial score (nSPS) is 11.0. The van der Waals surface area contributed by atoms with Gasteiger partial charge in [0.1, 0.15) is 5.82 Å². The Morgan fingerprint density at radius 1 is 0.842 bits per heavy atom. The van der Waals surface area contributed by atoms with Crippen LogP contribution in [0.4, 0.5) is 4.39 Å². The van der Waals surface area contributed by atoms with Crippen LogP contribution < -0.4 is 0 Å². The maximum absolute atomic E-state index is 13.7. The molecule has 1 aromatic heterocycles. The summed E-state index contributed by atoms with van der Waals surface area (Å²) in [6.07, 6.45) is 3.41. The van der Waals surface area contributed by atoms with Crippen LogP contribution in [0.15, 0.2) is 85.1 Å². The Morgan fingerprint density at radius 3 is 2.34 bits per heavy atom. The van der Waals surface area contributed by atoms with Crippen LogP contribution in [0.3, 0.4) is 0 Å². The van der Waals surface area contributed by atoms with Gasteiger partial charge in [-0.05, 0) is 47.7 Å². The molecule has 0 aliphatic carbocycles. The molecule has 0 saturated carbocycles. The predicted octanol–water partition coefficient (Wildman–Crippen LogP) is 4.99. The summed E-state index contributed by atoms with van der Waals surface area (Å²) in [6.45, 7) is 1.85. The summed E-state index contributed by atoms with van der Waals surface area (Å²) >= 11 is 0. The minimum atomic E-state index is -0.347. The van der Waals surface area contributed by atoms with Crippen molar-refractivity contribution in [3.63, 3.8) is 0 Å². The van der Waals surface area contributed by atoms with Gasteiger partial charge in [0, 0.05) is 50.5 Å². The van der Waals surface area contributed by atoms with Crippen LogP contribution in [-0.4, -0.2) is 59.9 Å². The number of hydrogen-bond donors (Lipinski definition) is 1. The van der Waals surface area contributed by atoms with Crippen molar-refractivity contribution in [2.45, 2.75) is 25.8 Å². The number of benzene rings is 3. The molecule has 7 heteroatoms. The first-order valence-electron chi connectivity index (χ1n) is 12.9. The summed E-state index contributed by atoms with van der Waals surface area (Å²) in [5.41, 5.74) is 3.96. The first-order chi connectivity index (χ1) is 18.5. The van der Waals surface area contributed by atoms with Gasteiger partial charge < -0.3 is 19.5 Å². The topological polar surface area (TPSA) is 65.6 Å². The number of ether oxygens (including phenoxy) is 1. The molecule has 1 heterocycles. The number of halogens is 1. The lowest BCUT2D eigenvalue weighted by molar-refractivity contribution is -0.140. The lowest BCUT2D eigenvalue weighted by atomic mass is 10.1. The maximum atomic E-state index is 13.7. The zero-order valence-corrected chi connectivity index (χ0v) is 21.7. The SMILES string of the molecule is COCCCN(CC(=O)N(CCc1c[nH]c2ccccc12)Cc1ccccc1)C(=O)Cc1ccc(F)cc1. The third-order valence-corrected chi connectivity index (χ3v) is 6.62. The van der Waals surface area contributed by atoms with Crippen molar-refractivity contribution < 1.29 is 18.7 Å². The smallest absolute Gasteiger partial charge is 0.242 e. The Balaban J connectivity index is 1.49. The molecule has 38 heavy (non-hydrogen) atoms. The first-order valence-corrected chi connectivity index (χ1v) is 12.9. The highest BCUT2D eigenvalue weighted by Gasteiger charge is 2.22. The summed E-state index contributed by atoms with van der Waals surface area (Å²) in [5, 5.41) is 1.15. The molecule has 2 amide bonds. The minimum Gasteiger partial charge on any atom is -0.385 e. The standard InChI is InChI=1S/C31H34FN3O3/c1-38-19-7-17-34(30(36)20-24-12-14-27(32)15-13-24)23-31(37)35(22-25-8-3-2-4-9-25)18-16-26-21-33-29-11-6-5-10-28(26)29/h2-6,8-15,21,33H,7,16-20,22-23H2,1H3. The third kappa shape index (κ3) is 7.52. The molecular weight excluding hydrogens is 481 g/mol. The van der Waals surface area contributed by atoms with Crippen LogP contribution in [0, 0.1) is 5.82 Å². The molecule has 0 saturated heterocycles. The first kappa shape index (κ1) is 27.1. The minimum absolute atomic E-state index is 0.0234. The van der Waals surface area contributed by atoms with Gasteiger partial charge in [-0.2, -0.15) is 0 Å². The second-order valence-electron chi connectivity index (χ2n) is 9.38. The number of H-pyrrole nitrogens is 1. The third-order valence-electron chi connectivity index (χ3n) is 6.62. The molecule has 0 aliphatic heterocycles. The zero-order valence-electron chi connectivity index (χ0n) is 21.7. The molecule has 0 radical (unpaired) electrons. The molecule has 4 aromatic rings. The van der Waals surface area contributed by atoms with Gasteiger partial charge in [-0.25, -0.2) is 4.39 Å². The highest BCUT2D eigenvalue weighted by atomic mass is 19.1. The Kier molecular flexibility index (Phi) is 9.65. The average molecular weight is 516 g/mol.